The van der Waals surface area contributed by atoms with Crippen molar-refractivity contribution >= 4 is 21.4 Å². The van der Waals surface area contributed by atoms with Crippen LogP contribution in [0.3, 0.4) is 0 Å². The Bertz CT molecular complexity index is 388. The van der Waals surface area contributed by atoms with Crippen LogP contribution in [0.1, 0.15) is 33.1 Å². The molecule has 3 heteroatoms. The fourth-order valence-corrected chi connectivity index (χ4v) is 14.9. The van der Waals surface area contributed by atoms with Crippen molar-refractivity contribution < 1.29 is 0 Å². The fraction of sp³-hybridized carbons (Fsp3) is 0.667. The van der Waals surface area contributed by atoms with Gasteiger partial charge in [0.1, 0.15) is 0 Å². The van der Waals surface area contributed by atoms with Crippen LogP contribution in [0.4, 0.5) is 0 Å². The van der Waals surface area contributed by atoms with Crippen LogP contribution >= 0.6 is 0 Å². The van der Waals surface area contributed by atoms with Gasteiger partial charge in [0, 0.05) is 0 Å². The molecular formula is C18H33InN2. The van der Waals surface area contributed by atoms with E-state index in [-0.39, 0.29) is 0 Å². The molecule has 0 saturated heterocycles. The number of rotatable bonds is 7. The van der Waals surface area contributed by atoms with Gasteiger partial charge in [-0.05, 0) is 0 Å². The molecule has 0 fully saturated rings. The van der Waals surface area contributed by atoms with Crippen LogP contribution < -0.4 is 0 Å². The topological polar surface area (TPSA) is 6.48 Å². The van der Waals surface area contributed by atoms with Crippen LogP contribution in [0.2, 0.25) is 12.0 Å². The summed E-state index contributed by atoms with van der Waals surface area (Å²) in [7, 11) is 8.60. The number of nitrogens with zero attached hydrogens (tertiary/aromatic N) is 2. The minimum atomic E-state index is -1.59. The molecule has 118 valence electrons. The van der Waals surface area contributed by atoms with Gasteiger partial charge in [0.05, 0.1) is 0 Å². The Morgan fingerprint density at radius 2 is 1.62 bits per heavy atom. The molecule has 0 aliphatic heterocycles. The van der Waals surface area contributed by atoms with Gasteiger partial charge in [-0.2, -0.15) is 0 Å². The summed E-state index contributed by atoms with van der Waals surface area (Å²) >= 11 is -1.59. The molecule has 1 unspecified atom stereocenters. The normalized spacial score (nSPS) is 21.9. The van der Waals surface area contributed by atoms with Crippen molar-refractivity contribution in [1.82, 2.24) is 9.80 Å². The Morgan fingerprint density at radius 1 is 1.05 bits per heavy atom. The van der Waals surface area contributed by atoms with E-state index in [1.54, 1.807) is 11.1 Å². The van der Waals surface area contributed by atoms with E-state index in [4.69, 9.17) is 0 Å². The van der Waals surface area contributed by atoms with Gasteiger partial charge in [0.2, 0.25) is 0 Å². The summed E-state index contributed by atoms with van der Waals surface area (Å²) in [5.74, 6) is 0. The number of hydrogen-bond donors (Lipinski definition) is 0. The molecule has 0 saturated carbocycles. The van der Waals surface area contributed by atoms with Crippen LogP contribution in [-0.4, -0.2) is 59.4 Å². The second kappa shape index (κ2) is 9.66. The van der Waals surface area contributed by atoms with Crippen molar-refractivity contribution in [2.75, 3.05) is 28.2 Å². The van der Waals surface area contributed by atoms with Crippen LogP contribution in [0.15, 0.2) is 35.7 Å². The molecule has 0 aromatic rings. The van der Waals surface area contributed by atoms with Crippen LogP contribution in [0, 0.1) is 0 Å². The maximum atomic E-state index is 2.40. The average molecular weight is 392 g/mol. The van der Waals surface area contributed by atoms with Crippen molar-refractivity contribution in [2.45, 2.75) is 45.1 Å². The summed E-state index contributed by atoms with van der Waals surface area (Å²) in [5.41, 5.74) is 3.24. The Kier molecular flexibility index (Phi) is 8.62. The van der Waals surface area contributed by atoms with E-state index in [1.807, 2.05) is 0 Å². The summed E-state index contributed by atoms with van der Waals surface area (Å²) in [6, 6.07) is 0. The van der Waals surface area contributed by atoms with E-state index < -0.39 is 21.4 Å². The average Bonchev–Trinajstić information content (AvgIpc) is 2.37. The summed E-state index contributed by atoms with van der Waals surface area (Å²) in [4.78, 5) is 4.45. The quantitative estimate of drug-likeness (QED) is 0.629. The van der Waals surface area contributed by atoms with E-state index in [1.165, 1.54) is 21.2 Å². The van der Waals surface area contributed by atoms with Crippen molar-refractivity contribution in [2.24, 2.45) is 0 Å². The molecular weight excluding hydrogens is 359 g/mol. The van der Waals surface area contributed by atoms with E-state index in [2.05, 4.69) is 76.4 Å². The van der Waals surface area contributed by atoms with Gasteiger partial charge in [0.15, 0.2) is 0 Å². The predicted molar refractivity (Wildman–Crippen MR) is 97.0 cm³/mol. The SMILES string of the molecule is CC[CH2][In]([CH2]CC)[CH]1C(=CN(C)C)C=CCC1=CN(C)C. The predicted octanol–water partition coefficient (Wildman–Crippen LogP) is 4.52. The third-order valence-electron chi connectivity index (χ3n) is 4.04. The second-order valence-electron chi connectivity index (χ2n) is 6.68. The first-order valence-electron chi connectivity index (χ1n) is 8.41. The Hall–Kier alpha value is -0.310. The standard InChI is InChI=1S/C12H19N2.2C3H7.In/c1-13(2)9-11-6-5-7-12(8-11)10-14(3)4;2*1-3-2;/h5-6,8-10H,7H2,1-4H3;2*1,3H2,2H3;. The first-order chi connectivity index (χ1) is 9.99. The molecule has 0 radical (unpaired) electrons. The Labute approximate surface area is 140 Å². The molecule has 0 aromatic carbocycles. The zero-order valence-corrected chi connectivity index (χ0v) is 18.2. The molecule has 1 atom stereocenters. The Balaban J connectivity index is 3.18. The molecule has 1 aliphatic carbocycles. The first kappa shape index (κ1) is 18.7. The monoisotopic (exact) mass is 392 g/mol. The molecule has 2 nitrogen and oxygen atoms in total. The molecule has 0 aromatic heterocycles. The summed E-state index contributed by atoms with van der Waals surface area (Å²) in [6.45, 7) is 4.73. The van der Waals surface area contributed by atoms with Crippen molar-refractivity contribution in [3.05, 3.63) is 35.7 Å². The van der Waals surface area contributed by atoms with Crippen LogP contribution in [0.5, 0.6) is 0 Å². The van der Waals surface area contributed by atoms with Crippen LogP contribution in [0.25, 0.3) is 0 Å². The maximum absolute atomic E-state index is 2.40. The van der Waals surface area contributed by atoms with Crippen molar-refractivity contribution in [1.29, 1.82) is 0 Å². The van der Waals surface area contributed by atoms with Crippen LogP contribution in [-0.2, 0) is 0 Å². The second-order valence-corrected chi connectivity index (χ2v) is 16.2. The van der Waals surface area contributed by atoms with Gasteiger partial charge in [-0.1, -0.05) is 0 Å². The minimum absolute atomic E-state index is 0.793. The first-order valence-corrected chi connectivity index (χ1v) is 15.0. The zero-order chi connectivity index (χ0) is 15.8. The van der Waals surface area contributed by atoms with E-state index in [0.717, 1.165) is 10.1 Å². The Morgan fingerprint density at radius 3 is 2.10 bits per heavy atom. The number of allylic oxidation sites excluding steroid dienone is 4. The molecule has 21 heavy (non-hydrogen) atoms. The van der Waals surface area contributed by atoms with E-state index in [0.29, 0.717) is 0 Å². The zero-order valence-electron chi connectivity index (χ0n) is 14.9. The van der Waals surface area contributed by atoms with Gasteiger partial charge in [0.25, 0.3) is 0 Å². The molecule has 1 rings (SSSR count). The fourth-order valence-electron chi connectivity index (χ4n) is 3.46. The van der Waals surface area contributed by atoms with Gasteiger partial charge in [-0.15, -0.1) is 0 Å². The summed E-state index contributed by atoms with van der Waals surface area (Å²) in [6.07, 6.45) is 13.4. The molecule has 1 aliphatic rings. The van der Waals surface area contributed by atoms with Crippen molar-refractivity contribution in [3.63, 3.8) is 0 Å². The van der Waals surface area contributed by atoms with E-state index >= 15 is 0 Å². The summed E-state index contributed by atoms with van der Waals surface area (Å²) < 4.78 is 3.86. The molecule has 0 N–H and O–H groups in total. The molecule has 0 heterocycles. The summed E-state index contributed by atoms with van der Waals surface area (Å²) in [5, 5.41) is 0. The van der Waals surface area contributed by atoms with Gasteiger partial charge >= 0.3 is 140 Å². The molecule has 0 spiro atoms. The number of hydrogen-bond acceptors (Lipinski definition) is 2. The van der Waals surface area contributed by atoms with Gasteiger partial charge in [-0.25, -0.2) is 0 Å². The third kappa shape index (κ3) is 6.14. The van der Waals surface area contributed by atoms with Gasteiger partial charge in [-0.3, -0.25) is 0 Å². The van der Waals surface area contributed by atoms with Crippen molar-refractivity contribution in [3.8, 4) is 0 Å². The third-order valence-corrected chi connectivity index (χ3v) is 16.6. The van der Waals surface area contributed by atoms with E-state index in [9.17, 15) is 0 Å². The molecule has 0 bridgehead atoms. The molecule has 0 amide bonds. The van der Waals surface area contributed by atoms with Gasteiger partial charge < -0.3 is 0 Å².